The quantitative estimate of drug-likeness (QED) is 0.541. The fourth-order valence-corrected chi connectivity index (χ4v) is 4.87. The van der Waals surface area contributed by atoms with Crippen molar-refractivity contribution in [2.45, 2.75) is 31.5 Å². The Balaban J connectivity index is 1.05. The number of anilines is 2. The standard InChI is InChI=1S/C24H23N5O5/c30-20-13-33-18-7-8-19(26-23(18)27-20)28-11-15(34-24(28)32)4-2-10-25-17-12-29-21(31)9-6-14-3-1-5-16(17)22(14)29/h1,3,5-9,15,17,25H,2,4,10-13H2,(H,26,27,30)/t15-,17-/m1/s1. The third kappa shape index (κ3) is 3.56. The van der Waals surface area contributed by atoms with Gasteiger partial charge in [0.25, 0.3) is 11.5 Å². The number of fused-ring (bicyclic) bond motifs is 1. The van der Waals surface area contributed by atoms with Crippen LogP contribution < -0.4 is 25.8 Å². The van der Waals surface area contributed by atoms with Crippen molar-refractivity contribution in [3.8, 4) is 5.75 Å². The van der Waals surface area contributed by atoms with E-state index < -0.39 is 6.09 Å². The molecule has 3 aliphatic rings. The number of nitrogens with zero attached hydrogens (tertiary/aromatic N) is 3. The molecule has 0 spiro atoms. The maximum Gasteiger partial charge on any atom is 0.415 e. The summed E-state index contributed by atoms with van der Waals surface area (Å²) in [5.41, 5.74) is 2.17. The summed E-state index contributed by atoms with van der Waals surface area (Å²) in [5.74, 6) is 0.918. The molecule has 0 unspecified atom stereocenters. The largest absolute Gasteiger partial charge is 0.480 e. The number of aromatic nitrogens is 2. The van der Waals surface area contributed by atoms with Crippen LogP contribution in [0.25, 0.3) is 10.9 Å². The molecule has 34 heavy (non-hydrogen) atoms. The molecule has 174 valence electrons. The van der Waals surface area contributed by atoms with E-state index >= 15 is 0 Å². The Bertz CT molecular complexity index is 1370. The summed E-state index contributed by atoms with van der Waals surface area (Å²) in [6, 6.07) is 13.1. The fraction of sp³-hybridized carbons (Fsp3) is 0.333. The molecular weight excluding hydrogens is 438 g/mol. The van der Waals surface area contributed by atoms with E-state index in [-0.39, 0.29) is 30.2 Å². The molecule has 1 fully saturated rings. The molecule has 6 rings (SSSR count). The molecule has 3 aliphatic heterocycles. The summed E-state index contributed by atoms with van der Waals surface area (Å²) in [6.07, 6.45) is 0.810. The van der Waals surface area contributed by atoms with Gasteiger partial charge in [0.05, 0.1) is 18.1 Å². The number of benzene rings is 1. The van der Waals surface area contributed by atoms with Crippen LogP contribution in [0.5, 0.6) is 5.75 Å². The van der Waals surface area contributed by atoms with Crippen molar-refractivity contribution in [3.05, 3.63) is 58.4 Å². The zero-order chi connectivity index (χ0) is 23.2. The zero-order valence-electron chi connectivity index (χ0n) is 18.3. The lowest BCUT2D eigenvalue weighted by Crippen LogP contribution is -2.29. The van der Waals surface area contributed by atoms with Crippen molar-refractivity contribution in [1.29, 1.82) is 0 Å². The molecule has 0 bridgehead atoms. The van der Waals surface area contributed by atoms with Gasteiger partial charge in [-0.2, -0.15) is 0 Å². The number of ether oxygens (including phenoxy) is 2. The average molecular weight is 461 g/mol. The summed E-state index contributed by atoms with van der Waals surface area (Å²) >= 11 is 0. The van der Waals surface area contributed by atoms with Gasteiger partial charge < -0.3 is 24.7 Å². The minimum atomic E-state index is -0.453. The van der Waals surface area contributed by atoms with E-state index in [0.29, 0.717) is 36.9 Å². The lowest BCUT2D eigenvalue weighted by Gasteiger charge is -2.19. The lowest BCUT2D eigenvalue weighted by molar-refractivity contribution is -0.118. The Labute approximate surface area is 194 Å². The third-order valence-electron chi connectivity index (χ3n) is 6.48. The van der Waals surface area contributed by atoms with Gasteiger partial charge in [-0.05, 0) is 48.5 Å². The van der Waals surface area contributed by atoms with Gasteiger partial charge >= 0.3 is 6.09 Å². The monoisotopic (exact) mass is 461 g/mol. The Morgan fingerprint density at radius 1 is 1.09 bits per heavy atom. The number of cyclic esters (lactones) is 1. The van der Waals surface area contributed by atoms with Crippen LogP contribution in [0.1, 0.15) is 24.4 Å². The Kier molecular flexibility index (Phi) is 4.95. The third-order valence-corrected chi connectivity index (χ3v) is 6.48. The summed E-state index contributed by atoms with van der Waals surface area (Å²) < 4.78 is 12.7. The number of para-hydroxylation sites is 1. The molecule has 5 heterocycles. The second kappa shape index (κ2) is 8.14. The molecule has 0 radical (unpaired) electrons. The molecule has 1 saturated heterocycles. The number of nitrogens with one attached hydrogen (secondary N) is 2. The van der Waals surface area contributed by atoms with Crippen molar-refractivity contribution in [2.24, 2.45) is 0 Å². The van der Waals surface area contributed by atoms with Crippen molar-refractivity contribution in [3.63, 3.8) is 0 Å². The molecule has 3 aromatic rings. The van der Waals surface area contributed by atoms with E-state index in [0.717, 1.165) is 29.4 Å². The zero-order valence-corrected chi connectivity index (χ0v) is 18.3. The van der Waals surface area contributed by atoms with Gasteiger partial charge in [0.15, 0.2) is 18.2 Å². The molecule has 0 saturated carbocycles. The van der Waals surface area contributed by atoms with Crippen molar-refractivity contribution < 1.29 is 19.1 Å². The topological polar surface area (TPSA) is 115 Å². The van der Waals surface area contributed by atoms with Crippen LogP contribution >= 0.6 is 0 Å². The summed E-state index contributed by atoms with van der Waals surface area (Å²) in [6.45, 7) is 1.70. The highest BCUT2D eigenvalue weighted by molar-refractivity contribution is 5.95. The number of carbonyl (C=O) groups is 2. The summed E-state index contributed by atoms with van der Waals surface area (Å²) in [7, 11) is 0. The van der Waals surface area contributed by atoms with Crippen molar-refractivity contribution in [2.75, 3.05) is 29.9 Å². The van der Waals surface area contributed by atoms with E-state index in [4.69, 9.17) is 9.47 Å². The van der Waals surface area contributed by atoms with Crippen LogP contribution in [0.3, 0.4) is 0 Å². The smallest absolute Gasteiger partial charge is 0.415 e. The Morgan fingerprint density at radius 3 is 2.91 bits per heavy atom. The molecule has 10 nitrogen and oxygen atoms in total. The Hall–Kier alpha value is -3.92. The molecule has 2 amide bonds. The predicted molar refractivity (Wildman–Crippen MR) is 124 cm³/mol. The summed E-state index contributed by atoms with van der Waals surface area (Å²) in [5, 5.41) is 7.27. The van der Waals surface area contributed by atoms with Gasteiger partial charge in [-0.15, -0.1) is 0 Å². The van der Waals surface area contributed by atoms with Gasteiger partial charge in [-0.1, -0.05) is 18.2 Å². The predicted octanol–water partition coefficient (Wildman–Crippen LogP) is 2.18. The number of rotatable bonds is 6. The van der Waals surface area contributed by atoms with E-state index in [1.807, 2.05) is 22.8 Å². The first-order chi connectivity index (χ1) is 16.6. The van der Waals surface area contributed by atoms with Gasteiger partial charge in [-0.25, -0.2) is 9.78 Å². The SMILES string of the molecule is O=C1COc2ccc(N3C[C@@H](CCCN[C@@H]4Cn5c(=O)ccc6cccc4c65)OC3=O)nc2N1. The molecule has 2 N–H and O–H groups in total. The normalized spacial score (nSPS) is 20.8. The second-order valence-corrected chi connectivity index (χ2v) is 8.69. The first kappa shape index (κ1) is 20.7. The van der Waals surface area contributed by atoms with Crippen LogP contribution in [0.4, 0.5) is 16.4 Å². The van der Waals surface area contributed by atoms with Crippen LogP contribution in [-0.2, 0) is 16.1 Å². The van der Waals surface area contributed by atoms with Crippen LogP contribution in [0.15, 0.2) is 47.3 Å². The van der Waals surface area contributed by atoms with Gasteiger partial charge in [0.1, 0.15) is 11.9 Å². The first-order valence-electron chi connectivity index (χ1n) is 11.3. The highest BCUT2D eigenvalue weighted by atomic mass is 16.6. The molecular formula is C24H23N5O5. The number of pyridine rings is 2. The maximum atomic E-state index is 12.4. The first-order valence-corrected chi connectivity index (χ1v) is 11.3. The molecule has 1 aromatic carbocycles. The highest BCUT2D eigenvalue weighted by Crippen LogP contribution is 2.32. The van der Waals surface area contributed by atoms with Crippen molar-refractivity contribution >= 4 is 34.5 Å². The van der Waals surface area contributed by atoms with E-state index in [1.54, 1.807) is 18.2 Å². The number of carbonyl (C=O) groups excluding carboxylic acids is 2. The van der Waals surface area contributed by atoms with Gasteiger partial charge in [0, 0.05) is 12.6 Å². The average Bonchev–Trinajstić information content (AvgIpc) is 3.40. The van der Waals surface area contributed by atoms with Gasteiger partial charge in [0.2, 0.25) is 0 Å². The molecule has 2 aromatic heterocycles. The summed E-state index contributed by atoms with van der Waals surface area (Å²) in [4.78, 5) is 42.1. The van der Waals surface area contributed by atoms with E-state index in [9.17, 15) is 14.4 Å². The van der Waals surface area contributed by atoms with Crippen LogP contribution in [-0.4, -0.2) is 47.4 Å². The van der Waals surface area contributed by atoms with Crippen LogP contribution in [0, 0.1) is 0 Å². The molecule has 0 aliphatic carbocycles. The number of amides is 2. The Morgan fingerprint density at radius 2 is 2.00 bits per heavy atom. The maximum absolute atomic E-state index is 12.4. The molecule has 10 heteroatoms. The highest BCUT2D eigenvalue weighted by Gasteiger charge is 2.34. The lowest BCUT2D eigenvalue weighted by atomic mass is 10.1. The second-order valence-electron chi connectivity index (χ2n) is 8.69. The number of hydrogen-bond donors (Lipinski definition) is 2. The minimum absolute atomic E-state index is 0.0177. The molecule has 2 atom stereocenters. The minimum Gasteiger partial charge on any atom is -0.480 e. The van der Waals surface area contributed by atoms with Crippen molar-refractivity contribution in [1.82, 2.24) is 14.9 Å². The van der Waals surface area contributed by atoms with Crippen LogP contribution in [0.2, 0.25) is 0 Å². The number of hydrogen-bond acceptors (Lipinski definition) is 7. The fourth-order valence-electron chi connectivity index (χ4n) is 4.87. The van der Waals surface area contributed by atoms with E-state index in [1.165, 1.54) is 4.90 Å². The van der Waals surface area contributed by atoms with Gasteiger partial charge in [-0.3, -0.25) is 14.5 Å². The van der Waals surface area contributed by atoms with E-state index in [2.05, 4.69) is 21.7 Å².